The van der Waals surface area contributed by atoms with Crippen LogP contribution in [-0.2, 0) is 11.8 Å². The van der Waals surface area contributed by atoms with E-state index in [-0.39, 0.29) is 17.7 Å². The number of carboxylic acids is 1. The van der Waals surface area contributed by atoms with Crippen LogP contribution in [0.25, 0.3) is 0 Å². The Morgan fingerprint density at radius 3 is 2.71 bits per heavy atom. The molecule has 1 fully saturated rings. The van der Waals surface area contributed by atoms with Crippen molar-refractivity contribution < 1.29 is 14.7 Å². The summed E-state index contributed by atoms with van der Waals surface area (Å²) in [5, 5.41) is 9.74. The van der Waals surface area contributed by atoms with Gasteiger partial charge in [0.1, 0.15) is 5.56 Å². The monoisotopic (exact) mass is 332 g/mol. The molecule has 1 amide bonds. The van der Waals surface area contributed by atoms with Crippen LogP contribution >= 0.6 is 0 Å². The molecule has 24 heavy (non-hydrogen) atoms. The van der Waals surface area contributed by atoms with Crippen molar-refractivity contribution in [1.29, 1.82) is 0 Å². The second kappa shape index (κ2) is 7.03. The molecule has 1 saturated heterocycles. The highest BCUT2D eigenvalue weighted by molar-refractivity contribution is 5.94. The first kappa shape index (κ1) is 18.0. The van der Waals surface area contributed by atoms with Crippen LogP contribution in [0.15, 0.2) is 34.8 Å². The smallest absolute Gasteiger partial charge is 0.311 e. The maximum Gasteiger partial charge on any atom is 0.311 e. The minimum absolute atomic E-state index is 0.0865. The number of rotatable bonds is 4. The predicted octanol–water partition coefficient (Wildman–Crippen LogP) is 2.05. The Morgan fingerprint density at radius 1 is 1.38 bits per heavy atom. The number of hydrogen-bond donors (Lipinski definition) is 1. The number of nitrogens with zero attached hydrogens (tertiary/aromatic N) is 2. The molecule has 1 unspecified atom stereocenters. The van der Waals surface area contributed by atoms with E-state index in [0.29, 0.717) is 25.8 Å². The van der Waals surface area contributed by atoms with Gasteiger partial charge in [0.05, 0.1) is 5.41 Å². The summed E-state index contributed by atoms with van der Waals surface area (Å²) < 4.78 is 1.35. The number of aromatic nitrogens is 1. The zero-order chi connectivity index (χ0) is 17.9. The Labute approximate surface area is 141 Å². The largest absolute Gasteiger partial charge is 0.481 e. The lowest BCUT2D eigenvalue weighted by Crippen LogP contribution is -2.50. The average molecular weight is 332 g/mol. The maximum absolute atomic E-state index is 12.7. The highest BCUT2D eigenvalue weighted by atomic mass is 16.4. The molecule has 1 atom stereocenters. The molecule has 130 valence electrons. The van der Waals surface area contributed by atoms with Gasteiger partial charge in [-0.15, -0.1) is 0 Å². The average Bonchev–Trinajstić information content (AvgIpc) is 2.55. The molecule has 1 aliphatic rings. The molecule has 0 saturated carbocycles. The summed E-state index contributed by atoms with van der Waals surface area (Å²) in [7, 11) is 1.59. The molecule has 0 aromatic carbocycles. The van der Waals surface area contributed by atoms with Crippen molar-refractivity contribution in [3.63, 3.8) is 0 Å². The fraction of sp³-hybridized carbons (Fsp3) is 0.500. The van der Waals surface area contributed by atoms with Gasteiger partial charge < -0.3 is 14.6 Å². The molecule has 1 N–H and O–H groups in total. The van der Waals surface area contributed by atoms with Crippen LogP contribution < -0.4 is 5.56 Å². The molecule has 0 spiro atoms. The van der Waals surface area contributed by atoms with Gasteiger partial charge in [0, 0.05) is 26.3 Å². The molecule has 2 rings (SSSR count). The number of amides is 1. The Kier molecular flexibility index (Phi) is 5.26. The number of aryl methyl sites for hydroxylation is 1. The number of hydrogen-bond acceptors (Lipinski definition) is 3. The molecule has 6 heteroatoms. The molecule has 1 aromatic rings. The van der Waals surface area contributed by atoms with E-state index in [0.717, 1.165) is 5.57 Å². The minimum Gasteiger partial charge on any atom is -0.481 e. The highest BCUT2D eigenvalue weighted by Gasteiger charge is 2.43. The predicted molar refractivity (Wildman–Crippen MR) is 90.9 cm³/mol. The van der Waals surface area contributed by atoms with Crippen molar-refractivity contribution >= 4 is 11.9 Å². The lowest BCUT2D eigenvalue weighted by molar-refractivity contribution is -0.151. The molecule has 0 radical (unpaired) electrons. The van der Waals surface area contributed by atoms with Crippen LogP contribution in [0.1, 0.15) is 43.5 Å². The van der Waals surface area contributed by atoms with Gasteiger partial charge in [-0.3, -0.25) is 14.4 Å². The van der Waals surface area contributed by atoms with Gasteiger partial charge >= 0.3 is 5.97 Å². The van der Waals surface area contributed by atoms with Gasteiger partial charge in [-0.05, 0) is 45.2 Å². The zero-order valence-electron chi connectivity index (χ0n) is 14.4. The van der Waals surface area contributed by atoms with E-state index >= 15 is 0 Å². The molecule has 0 aliphatic carbocycles. The molecular formula is C18H24N2O4. The van der Waals surface area contributed by atoms with Crippen LogP contribution in [0.5, 0.6) is 0 Å². The van der Waals surface area contributed by atoms with Gasteiger partial charge in [-0.1, -0.05) is 11.6 Å². The van der Waals surface area contributed by atoms with E-state index in [1.54, 1.807) is 19.3 Å². The van der Waals surface area contributed by atoms with Crippen LogP contribution in [0.4, 0.5) is 0 Å². The quantitative estimate of drug-likeness (QED) is 0.856. The summed E-state index contributed by atoms with van der Waals surface area (Å²) in [5.74, 6) is -1.28. The van der Waals surface area contributed by atoms with Gasteiger partial charge in [0.2, 0.25) is 0 Å². The van der Waals surface area contributed by atoms with E-state index in [1.165, 1.54) is 15.5 Å². The van der Waals surface area contributed by atoms with E-state index in [4.69, 9.17) is 0 Å². The van der Waals surface area contributed by atoms with Crippen molar-refractivity contribution in [2.75, 3.05) is 13.1 Å². The summed E-state index contributed by atoms with van der Waals surface area (Å²) in [6, 6.07) is 3.14. The Morgan fingerprint density at radius 2 is 2.08 bits per heavy atom. The van der Waals surface area contributed by atoms with Crippen LogP contribution in [-0.4, -0.2) is 39.5 Å². The van der Waals surface area contributed by atoms with Gasteiger partial charge in [-0.25, -0.2) is 0 Å². The second-order valence-electron chi connectivity index (χ2n) is 6.74. The molecule has 2 heterocycles. The number of piperidine rings is 1. The van der Waals surface area contributed by atoms with E-state index < -0.39 is 17.3 Å². The fourth-order valence-electron chi connectivity index (χ4n) is 3.06. The third kappa shape index (κ3) is 3.58. The molecule has 1 aromatic heterocycles. The third-order valence-electron chi connectivity index (χ3n) is 4.57. The van der Waals surface area contributed by atoms with E-state index in [2.05, 4.69) is 0 Å². The first-order valence-corrected chi connectivity index (χ1v) is 8.08. The van der Waals surface area contributed by atoms with Crippen molar-refractivity contribution in [3.05, 3.63) is 45.9 Å². The standard InChI is InChI=1S/C18H24N2O4/c1-13(2)7-9-18(17(23)24)8-5-11-20(12-18)16(22)14-6-4-10-19(3)15(14)21/h4,6-7,10H,5,8-9,11-12H2,1-3H3,(H,23,24). The number of likely N-dealkylation sites (tertiary alicyclic amines) is 1. The number of aliphatic carboxylic acids is 1. The molecule has 0 bridgehead atoms. The fourth-order valence-corrected chi connectivity index (χ4v) is 3.06. The number of carbonyl (C=O) groups is 2. The maximum atomic E-state index is 12.7. The lowest BCUT2D eigenvalue weighted by atomic mass is 9.76. The van der Waals surface area contributed by atoms with E-state index in [1.807, 2.05) is 19.9 Å². The number of pyridine rings is 1. The number of carboxylic acid groups (broad SMARTS) is 1. The lowest BCUT2D eigenvalue weighted by Gasteiger charge is -2.39. The summed E-state index contributed by atoms with van der Waals surface area (Å²) in [6.45, 7) is 4.45. The molecule has 6 nitrogen and oxygen atoms in total. The van der Waals surface area contributed by atoms with Crippen LogP contribution in [0, 0.1) is 5.41 Å². The summed E-state index contributed by atoms with van der Waals surface area (Å²) in [5.41, 5.74) is -0.205. The SMILES string of the molecule is CC(C)=CCC1(C(=O)O)CCCN(C(=O)c2cccn(C)c2=O)C1. The van der Waals surface area contributed by atoms with Gasteiger partial charge in [-0.2, -0.15) is 0 Å². The summed E-state index contributed by atoms with van der Waals surface area (Å²) in [4.78, 5) is 38.3. The second-order valence-corrected chi connectivity index (χ2v) is 6.74. The highest BCUT2D eigenvalue weighted by Crippen LogP contribution is 2.35. The summed E-state index contributed by atoms with van der Waals surface area (Å²) in [6.07, 6.45) is 5.03. The van der Waals surface area contributed by atoms with Crippen LogP contribution in [0.2, 0.25) is 0 Å². The minimum atomic E-state index is -0.981. The third-order valence-corrected chi connectivity index (χ3v) is 4.57. The van der Waals surface area contributed by atoms with Crippen LogP contribution in [0.3, 0.4) is 0 Å². The van der Waals surface area contributed by atoms with Gasteiger partial charge in [0.15, 0.2) is 0 Å². The number of carbonyl (C=O) groups excluding carboxylic acids is 1. The Balaban J connectivity index is 2.30. The van der Waals surface area contributed by atoms with E-state index in [9.17, 15) is 19.5 Å². The van der Waals surface area contributed by atoms with Crippen molar-refractivity contribution in [2.45, 2.75) is 33.1 Å². The van der Waals surface area contributed by atoms with Crippen molar-refractivity contribution in [3.8, 4) is 0 Å². The Bertz CT molecular complexity index is 731. The summed E-state index contributed by atoms with van der Waals surface area (Å²) >= 11 is 0. The zero-order valence-corrected chi connectivity index (χ0v) is 14.4. The first-order valence-electron chi connectivity index (χ1n) is 8.08. The molecule has 1 aliphatic heterocycles. The normalized spacial score (nSPS) is 20.5. The number of allylic oxidation sites excluding steroid dienone is 2. The van der Waals surface area contributed by atoms with Gasteiger partial charge in [0.25, 0.3) is 11.5 Å². The Hall–Kier alpha value is -2.37. The topological polar surface area (TPSA) is 79.6 Å². The molecular weight excluding hydrogens is 308 g/mol. The van der Waals surface area contributed by atoms with Crippen molar-refractivity contribution in [2.24, 2.45) is 12.5 Å². The first-order chi connectivity index (χ1) is 11.3. The van der Waals surface area contributed by atoms with Crippen molar-refractivity contribution in [1.82, 2.24) is 9.47 Å².